The summed E-state index contributed by atoms with van der Waals surface area (Å²) in [6.07, 6.45) is 7.31. The van der Waals surface area contributed by atoms with Gasteiger partial charge < -0.3 is 14.2 Å². The van der Waals surface area contributed by atoms with Gasteiger partial charge in [-0.25, -0.2) is 0 Å². The molecule has 0 N–H and O–H groups in total. The van der Waals surface area contributed by atoms with Crippen molar-refractivity contribution in [2.24, 2.45) is 0 Å². The Kier molecular flexibility index (Phi) is 11.6. The third-order valence-electron chi connectivity index (χ3n) is 2.48. The van der Waals surface area contributed by atoms with E-state index >= 15 is 0 Å². The molecule has 0 amide bonds. The number of terminal acetylenes is 1. The third-order valence-corrected chi connectivity index (χ3v) is 2.48. The van der Waals surface area contributed by atoms with Crippen molar-refractivity contribution in [3.8, 4) is 125 Å². The van der Waals surface area contributed by atoms with E-state index in [0.29, 0.717) is 23.7 Å². The van der Waals surface area contributed by atoms with Gasteiger partial charge in [0.2, 0.25) is 0 Å². The number of carbonyl (C=O) groups is 1. The molecule has 1 aromatic carbocycles. The summed E-state index contributed by atoms with van der Waals surface area (Å²) < 4.78 is 15.0. The van der Waals surface area contributed by atoms with Gasteiger partial charge >= 0.3 is 0 Å². The molecule has 0 radical (unpaired) electrons. The smallest absolute Gasteiger partial charge is 0.298 e. The van der Waals surface area contributed by atoms with Crippen LogP contribution < -0.4 is 14.2 Å². The minimum absolute atomic E-state index is 0. The highest BCUT2D eigenvalue weighted by Gasteiger charge is 2.05. The molecule has 0 spiro atoms. The van der Waals surface area contributed by atoms with Crippen molar-refractivity contribution in [3.63, 3.8) is 0 Å². The Labute approximate surface area is 203 Å². The number of hydrogen-bond donors (Lipinski definition) is 0. The summed E-state index contributed by atoms with van der Waals surface area (Å²) in [6, 6.07) is 4.56. The van der Waals surface area contributed by atoms with Crippen LogP contribution in [-0.2, 0) is 4.79 Å². The Balaban J connectivity index is -0.0000000279. The fraction of sp³-hybridized carbons (Fsp3) is 0.0385. The van der Waals surface area contributed by atoms with Crippen LogP contribution in [0.5, 0.6) is 17.2 Å². The maximum absolute atomic E-state index is 10.3. The summed E-state index contributed by atoms with van der Waals surface area (Å²) >= 11 is 0. The zero-order valence-corrected chi connectivity index (χ0v) is 15.5. The first kappa shape index (κ1) is 22.4. The van der Waals surface area contributed by atoms with E-state index in [-0.39, 0.29) is 27.1 Å². The molecule has 30 heavy (non-hydrogen) atoms. The Morgan fingerprint density at radius 1 is 0.767 bits per heavy atom. The van der Waals surface area contributed by atoms with Crippen LogP contribution in [0.4, 0.5) is 0 Å². The van der Waals surface area contributed by atoms with Crippen molar-refractivity contribution in [2.45, 2.75) is 0 Å². The normalized spacial score (nSPS) is 6.13. The summed E-state index contributed by atoms with van der Waals surface area (Å²) in [4.78, 5) is 10.3. The number of hydrogen-bond acceptors (Lipinski definition) is 4. The Morgan fingerprint density at radius 2 is 1.27 bits per heavy atom. The van der Waals surface area contributed by atoms with Crippen LogP contribution in [0.3, 0.4) is 0 Å². The van der Waals surface area contributed by atoms with Gasteiger partial charge in [-0.05, 0) is 59.5 Å². The van der Waals surface area contributed by atoms with Crippen LogP contribution in [0.1, 0.15) is 27.1 Å². The van der Waals surface area contributed by atoms with Crippen molar-refractivity contribution in [1.82, 2.24) is 0 Å². The van der Waals surface area contributed by atoms with E-state index in [9.17, 15) is 4.79 Å². The van der Waals surface area contributed by atoms with E-state index < -0.39 is 0 Å². The standard InChI is InChI=1S/C26H8O4.19H2/c1-3-4-5-6-7-8-9-10-11-12-13-14-15-16-17-18-21-29-25-20-19-24(30-23-27)22-26(25)28-2;;;;;;;;;;;;;;;;;;;/h1,19-20,22-23H,2H3;19*1H. The molecule has 0 aliphatic carbocycles. The fourth-order valence-electron chi connectivity index (χ4n) is 1.41. The number of benzene rings is 1. The molecule has 0 unspecified atom stereocenters. The molecule has 0 fully saturated rings. The van der Waals surface area contributed by atoms with Crippen molar-refractivity contribution < 1.29 is 46.1 Å². The molecule has 0 heterocycles. The third kappa shape index (κ3) is 10.4. The minimum atomic E-state index is 0. The maximum Gasteiger partial charge on any atom is 0.298 e. The van der Waals surface area contributed by atoms with Crippen molar-refractivity contribution in [3.05, 3.63) is 18.2 Å². The second-order valence-electron chi connectivity index (χ2n) is 4.25. The van der Waals surface area contributed by atoms with Gasteiger partial charge in [0.05, 0.1) is 7.11 Å². The monoisotopic (exact) mass is 422 g/mol. The number of ether oxygens (including phenoxy) is 3. The molecule has 0 aliphatic heterocycles. The SMILES string of the molecule is C#CC#CC#CC#CC#CC#CC#CC#CC#COc1ccc(OC=O)cc1OC.[HH].[HH].[HH].[HH].[HH].[HH].[HH].[HH].[HH].[HH].[HH].[HH].[HH].[HH].[HH].[HH].[HH].[HH].[HH]. The van der Waals surface area contributed by atoms with Crippen molar-refractivity contribution >= 4 is 6.47 Å². The van der Waals surface area contributed by atoms with Gasteiger partial charge in [0.15, 0.2) is 11.5 Å². The molecule has 174 valence electrons. The van der Waals surface area contributed by atoms with Gasteiger partial charge in [-0.3, -0.25) is 4.79 Å². The quantitative estimate of drug-likeness (QED) is 0.447. The number of carbonyl (C=O) groups excluding carboxylic acids is 1. The summed E-state index contributed by atoms with van der Waals surface area (Å²) in [7, 11) is 1.44. The Hall–Kier alpha value is -5.67. The predicted molar refractivity (Wildman–Crippen MR) is 152 cm³/mol. The average Bonchev–Trinajstić information content (AvgIpc) is 2.76. The highest BCUT2D eigenvalue weighted by Crippen LogP contribution is 2.30. The van der Waals surface area contributed by atoms with Gasteiger partial charge in [0, 0.05) is 80.5 Å². The zero-order valence-electron chi connectivity index (χ0n) is 15.5. The molecule has 4 nitrogen and oxygen atoms in total. The van der Waals surface area contributed by atoms with Crippen molar-refractivity contribution in [1.29, 1.82) is 0 Å². The van der Waals surface area contributed by atoms with Crippen LogP contribution in [-0.4, -0.2) is 13.6 Å². The molecule has 0 bridgehead atoms. The fourth-order valence-corrected chi connectivity index (χ4v) is 1.41. The van der Waals surface area contributed by atoms with E-state index in [1.165, 1.54) is 19.2 Å². The topological polar surface area (TPSA) is 44.8 Å². The number of methoxy groups -OCH3 is 1. The molecule has 0 aromatic heterocycles. The van der Waals surface area contributed by atoms with E-state index in [2.05, 4.69) is 101 Å². The Bertz CT molecular complexity index is 1390. The lowest BCUT2D eigenvalue weighted by Gasteiger charge is -2.06. The average molecular weight is 423 g/mol. The molecule has 4 heteroatoms. The van der Waals surface area contributed by atoms with Crippen LogP contribution in [0.2, 0.25) is 0 Å². The lowest BCUT2D eigenvalue weighted by atomic mass is 10.3. The predicted octanol–water partition coefficient (Wildman–Crippen LogP) is 5.90. The van der Waals surface area contributed by atoms with E-state index in [0.717, 1.165) is 0 Å². The highest BCUT2D eigenvalue weighted by molar-refractivity contribution is 5.51. The first-order valence-electron chi connectivity index (χ1n) is 7.72. The lowest BCUT2D eigenvalue weighted by molar-refractivity contribution is -0.120. The van der Waals surface area contributed by atoms with Gasteiger partial charge in [0.25, 0.3) is 6.47 Å². The van der Waals surface area contributed by atoms with Crippen LogP contribution >= 0.6 is 0 Å². The van der Waals surface area contributed by atoms with E-state index in [1.807, 2.05) is 0 Å². The number of rotatable bonds is 4. The van der Waals surface area contributed by atoms with Gasteiger partial charge in [-0.2, -0.15) is 0 Å². The van der Waals surface area contributed by atoms with Gasteiger partial charge in [-0.1, -0.05) is 0 Å². The second kappa shape index (κ2) is 15.6. The first-order chi connectivity index (χ1) is 14.8. The van der Waals surface area contributed by atoms with Gasteiger partial charge in [-0.15, -0.1) is 6.42 Å². The van der Waals surface area contributed by atoms with E-state index in [1.54, 1.807) is 6.07 Å². The largest absolute Gasteiger partial charge is 0.493 e. The summed E-state index contributed by atoms with van der Waals surface area (Å²) in [5.74, 6) is 40.0. The lowest BCUT2D eigenvalue weighted by Crippen LogP contribution is -1.93. The summed E-state index contributed by atoms with van der Waals surface area (Å²) in [5.41, 5.74) is 0. The zero-order chi connectivity index (χ0) is 21.7. The summed E-state index contributed by atoms with van der Waals surface area (Å²) in [5, 5.41) is 0. The molecule has 0 aliphatic rings. The minimum Gasteiger partial charge on any atom is -0.493 e. The molecular weight excluding hydrogens is 376 g/mol. The first-order valence-corrected chi connectivity index (χ1v) is 7.72. The molecule has 0 saturated heterocycles. The molecule has 0 atom stereocenters. The molecular formula is C26H46O4. The van der Waals surface area contributed by atoms with Crippen LogP contribution in [0, 0.1) is 107 Å². The van der Waals surface area contributed by atoms with Gasteiger partial charge in [0.1, 0.15) is 11.9 Å². The van der Waals surface area contributed by atoms with E-state index in [4.69, 9.17) is 20.6 Å². The molecule has 1 rings (SSSR count). The van der Waals surface area contributed by atoms with Crippen molar-refractivity contribution in [2.75, 3.05) is 7.11 Å². The van der Waals surface area contributed by atoms with Crippen LogP contribution in [0.15, 0.2) is 18.2 Å². The molecule has 0 saturated carbocycles. The summed E-state index contributed by atoms with van der Waals surface area (Å²) in [6.45, 7) is 0.313. The second-order valence-corrected chi connectivity index (χ2v) is 4.25. The maximum atomic E-state index is 10.3. The Morgan fingerprint density at radius 3 is 1.73 bits per heavy atom. The molecule has 1 aromatic rings. The highest BCUT2D eigenvalue weighted by atomic mass is 16.5. The van der Waals surface area contributed by atoms with Crippen LogP contribution in [0.25, 0.3) is 0 Å².